The smallest absolute Gasteiger partial charge is 0.349 e. The predicted octanol–water partition coefficient (Wildman–Crippen LogP) is 1.54. The molecule has 0 amide bonds. The summed E-state index contributed by atoms with van der Waals surface area (Å²) >= 11 is 0. The number of hydrogen-bond acceptors (Lipinski definition) is 1. The van der Waals surface area contributed by atoms with Gasteiger partial charge in [-0.2, -0.15) is 0 Å². The van der Waals surface area contributed by atoms with Gasteiger partial charge in [0.2, 0.25) is 5.67 Å². The highest BCUT2D eigenvalue weighted by Gasteiger charge is 2.31. The standard InChI is InChI=1S/C7H9FO2/c1-3-5-7(8,4-2)6(9)10/h3-5H,2H2,1H3,(H,9,10)/b5-3+. The topological polar surface area (TPSA) is 37.3 Å². The van der Waals surface area contributed by atoms with Crippen molar-refractivity contribution in [2.24, 2.45) is 0 Å². The van der Waals surface area contributed by atoms with Crippen molar-refractivity contribution in [2.45, 2.75) is 12.6 Å². The van der Waals surface area contributed by atoms with Gasteiger partial charge in [0.1, 0.15) is 0 Å². The summed E-state index contributed by atoms with van der Waals surface area (Å²) in [6.45, 7) is 4.61. The molecule has 0 aliphatic carbocycles. The predicted molar refractivity (Wildman–Crippen MR) is 36.5 cm³/mol. The summed E-state index contributed by atoms with van der Waals surface area (Å²) in [5.41, 5.74) is -2.41. The Morgan fingerprint density at radius 3 is 2.40 bits per heavy atom. The Bertz CT molecular complexity index is 174. The number of carbonyl (C=O) groups is 1. The largest absolute Gasteiger partial charge is 0.478 e. The first-order valence-electron chi connectivity index (χ1n) is 2.76. The Morgan fingerprint density at radius 2 is 2.30 bits per heavy atom. The second-order valence-corrected chi connectivity index (χ2v) is 1.78. The van der Waals surface area contributed by atoms with Gasteiger partial charge < -0.3 is 5.11 Å². The quantitative estimate of drug-likeness (QED) is 0.610. The van der Waals surface area contributed by atoms with E-state index in [2.05, 4.69) is 6.58 Å². The average molecular weight is 144 g/mol. The highest BCUT2D eigenvalue weighted by molar-refractivity contribution is 5.82. The summed E-state index contributed by atoms with van der Waals surface area (Å²) in [6.07, 6.45) is 3.01. The van der Waals surface area contributed by atoms with Crippen molar-refractivity contribution in [1.29, 1.82) is 0 Å². The minimum absolute atomic E-state index is 0.745. The number of carboxylic acids is 1. The number of carboxylic acid groups (broad SMARTS) is 1. The molecule has 0 rings (SSSR count). The van der Waals surface area contributed by atoms with Crippen LogP contribution in [0.2, 0.25) is 0 Å². The summed E-state index contributed by atoms with van der Waals surface area (Å²) in [5.74, 6) is -1.54. The molecule has 0 heterocycles. The maximum absolute atomic E-state index is 12.8. The van der Waals surface area contributed by atoms with Gasteiger partial charge in [-0.25, -0.2) is 9.18 Å². The first kappa shape index (κ1) is 8.88. The van der Waals surface area contributed by atoms with E-state index < -0.39 is 11.6 Å². The number of alkyl halides is 1. The molecule has 0 aromatic carbocycles. The van der Waals surface area contributed by atoms with Crippen LogP contribution in [0.25, 0.3) is 0 Å². The van der Waals surface area contributed by atoms with Crippen LogP contribution in [-0.2, 0) is 4.79 Å². The average Bonchev–Trinajstić information content (AvgIpc) is 1.88. The third-order valence-corrected chi connectivity index (χ3v) is 1.03. The van der Waals surface area contributed by atoms with Gasteiger partial charge in [-0.3, -0.25) is 0 Å². The first-order valence-corrected chi connectivity index (χ1v) is 2.76. The van der Waals surface area contributed by atoms with Crippen LogP contribution in [0.3, 0.4) is 0 Å². The van der Waals surface area contributed by atoms with Crippen molar-refractivity contribution in [2.75, 3.05) is 0 Å². The van der Waals surface area contributed by atoms with E-state index in [-0.39, 0.29) is 0 Å². The van der Waals surface area contributed by atoms with Crippen LogP contribution in [0, 0.1) is 0 Å². The van der Waals surface area contributed by atoms with E-state index in [0.29, 0.717) is 0 Å². The molecule has 10 heavy (non-hydrogen) atoms. The summed E-state index contributed by atoms with van der Waals surface area (Å²) in [4.78, 5) is 10.1. The molecular formula is C7H9FO2. The third-order valence-electron chi connectivity index (χ3n) is 1.03. The van der Waals surface area contributed by atoms with Gasteiger partial charge in [0, 0.05) is 0 Å². The van der Waals surface area contributed by atoms with Crippen molar-refractivity contribution < 1.29 is 14.3 Å². The Labute approximate surface area is 58.7 Å². The molecule has 2 nitrogen and oxygen atoms in total. The molecule has 0 aliphatic rings. The van der Waals surface area contributed by atoms with Crippen molar-refractivity contribution in [3.05, 3.63) is 24.8 Å². The van der Waals surface area contributed by atoms with Gasteiger partial charge >= 0.3 is 5.97 Å². The van der Waals surface area contributed by atoms with Gasteiger partial charge in [-0.1, -0.05) is 12.7 Å². The molecule has 0 spiro atoms. The van der Waals surface area contributed by atoms with E-state index in [4.69, 9.17) is 5.11 Å². The van der Waals surface area contributed by atoms with Crippen molar-refractivity contribution in [3.8, 4) is 0 Å². The lowest BCUT2D eigenvalue weighted by Crippen LogP contribution is -2.28. The van der Waals surface area contributed by atoms with Crippen LogP contribution in [0.5, 0.6) is 0 Å². The number of rotatable bonds is 3. The lowest BCUT2D eigenvalue weighted by Gasteiger charge is -2.08. The maximum atomic E-state index is 12.8. The lowest BCUT2D eigenvalue weighted by atomic mass is 10.1. The van der Waals surface area contributed by atoms with Crippen LogP contribution in [-0.4, -0.2) is 16.7 Å². The van der Waals surface area contributed by atoms with E-state index in [0.717, 1.165) is 12.2 Å². The molecule has 0 fully saturated rings. The Hall–Kier alpha value is -1.12. The van der Waals surface area contributed by atoms with Crippen LogP contribution in [0.15, 0.2) is 24.8 Å². The summed E-state index contributed by atoms with van der Waals surface area (Å²) in [6, 6.07) is 0. The Kier molecular flexibility index (Phi) is 2.80. The van der Waals surface area contributed by atoms with Gasteiger partial charge in [0.25, 0.3) is 0 Å². The van der Waals surface area contributed by atoms with Crippen LogP contribution in [0.4, 0.5) is 4.39 Å². The van der Waals surface area contributed by atoms with E-state index in [1.54, 1.807) is 6.92 Å². The zero-order chi connectivity index (χ0) is 8.20. The number of halogens is 1. The fourth-order valence-electron chi connectivity index (χ4n) is 0.469. The normalized spacial score (nSPS) is 16.6. The van der Waals surface area contributed by atoms with Crippen LogP contribution >= 0.6 is 0 Å². The second-order valence-electron chi connectivity index (χ2n) is 1.78. The monoisotopic (exact) mass is 144 g/mol. The van der Waals surface area contributed by atoms with Gasteiger partial charge in [-0.15, -0.1) is 0 Å². The molecule has 1 unspecified atom stereocenters. The maximum Gasteiger partial charge on any atom is 0.349 e. The lowest BCUT2D eigenvalue weighted by molar-refractivity contribution is -0.144. The van der Waals surface area contributed by atoms with E-state index in [1.807, 2.05) is 0 Å². The summed E-state index contributed by atoms with van der Waals surface area (Å²) < 4.78 is 12.8. The number of aliphatic carboxylic acids is 1. The molecular weight excluding hydrogens is 135 g/mol. The molecule has 0 aromatic rings. The summed E-state index contributed by atoms with van der Waals surface area (Å²) in [5, 5.41) is 8.27. The number of allylic oxidation sites excluding steroid dienone is 1. The molecule has 0 saturated carbocycles. The molecule has 1 N–H and O–H groups in total. The fourth-order valence-corrected chi connectivity index (χ4v) is 0.469. The minimum atomic E-state index is -2.41. The van der Waals surface area contributed by atoms with E-state index in [9.17, 15) is 9.18 Å². The molecule has 0 aromatic heterocycles. The van der Waals surface area contributed by atoms with Crippen molar-refractivity contribution >= 4 is 5.97 Å². The highest BCUT2D eigenvalue weighted by atomic mass is 19.1. The molecule has 0 bridgehead atoms. The third kappa shape index (κ3) is 1.69. The first-order chi connectivity index (χ1) is 4.56. The molecule has 0 saturated heterocycles. The second kappa shape index (κ2) is 3.15. The summed E-state index contributed by atoms with van der Waals surface area (Å²) in [7, 11) is 0. The zero-order valence-corrected chi connectivity index (χ0v) is 5.67. The van der Waals surface area contributed by atoms with Crippen molar-refractivity contribution in [3.63, 3.8) is 0 Å². The van der Waals surface area contributed by atoms with Crippen LogP contribution < -0.4 is 0 Å². The van der Waals surface area contributed by atoms with Gasteiger partial charge in [0.05, 0.1) is 0 Å². The minimum Gasteiger partial charge on any atom is -0.478 e. The van der Waals surface area contributed by atoms with E-state index >= 15 is 0 Å². The SMILES string of the molecule is C=CC(F)(/C=C/C)C(=O)O. The molecule has 0 aliphatic heterocycles. The van der Waals surface area contributed by atoms with Gasteiger partial charge in [-0.05, 0) is 19.1 Å². The molecule has 1 atom stereocenters. The fraction of sp³-hybridized carbons (Fsp3) is 0.286. The van der Waals surface area contributed by atoms with E-state index in [1.165, 1.54) is 6.08 Å². The zero-order valence-electron chi connectivity index (χ0n) is 5.67. The Balaban J connectivity index is 4.54. The number of hydrogen-bond donors (Lipinski definition) is 1. The van der Waals surface area contributed by atoms with Crippen LogP contribution in [0.1, 0.15) is 6.92 Å². The van der Waals surface area contributed by atoms with Gasteiger partial charge in [0.15, 0.2) is 0 Å². The molecule has 3 heteroatoms. The Morgan fingerprint density at radius 1 is 1.80 bits per heavy atom. The molecule has 56 valence electrons. The highest BCUT2D eigenvalue weighted by Crippen LogP contribution is 2.14. The van der Waals surface area contributed by atoms with Crippen molar-refractivity contribution in [1.82, 2.24) is 0 Å². The molecule has 0 radical (unpaired) electrons.